The van der Waals surface area contributed by atoms with Crippen LogP contribution in [0.2, 0.25) is 18.1 Å². The molecule has 0 aromatic heterocycles. The summed E-state index contributed by atoms with van der Waals surface area (Å²) in [5.74, 6) is 0.133. The maximum atomic E-state index is 13.1. The van der Waals surface area contributed by atoms with Gasteiger partial charge in [0.05, 0.1) is 6.10 Å². The summed E-state index contributed by atoms with van der Waals surface area (Å²) in [7, 11) is -1.98. The van der Waals surface area contributed by atoms with Crippen LogP contribution in [0.3, 0.4) is 0 Å². The molecule has 51 heavy (non-hydrogen) atoms. The van der Waals surface area contributed by atoms with E-state index in [9.17, 15) is 27.1 Å². The van der Waals surface area contributed by atoms with E-state index < -0.39 is 26.8 Å². The molecule has 0 heterocycles. The molecule has 1 N–H and O–H groups in total. The Morgan fingerprint density at radius 3 is 2.18 bits per heavy atom. The highest BCUT2D eigenvalue weighted by molar-refractivity contribution is 7.99. The van der Waals surface area contributed by atoms with Crippen molar-refractivity contribution in [2.45, 2.75) is 180 Å². The van der Waals surface area contributed by atoms with Crippen molar-refractivity contribution in [3.05, 3.63) is 29.3 Å². The van der Waals surface area contributed by atoms with Gasteiger partial charge in [-0.15, -0.1) is 0 Å². The van der Waals surface area contributed by atoms with Crippen molar-refractivity contribution < 1.29 is 31.5 Å². The van der Waals surface area contributed by atoms with Gasteiger partial charge in [-0.05, 0) is 146 Å². The lowest BCUT2D eigenvalue weighted by molar-refractivity contribution is -0.284. The quantitative estimate of drug-likeness (QED) is 0.0918. The zero-order valence-corrected chi connectivity index (χ0v) is 34.4. The molecule has 4 aliphatic carbocycles. The first-order valence-electron chi connectivity index (χ1n) is 20.3. The number of phenolic OH excluding ortho intramolecular Hbond substituents is 1. The smallest absolute Gasteiger partial charge is 0.453 e. The maximum Gasteiger partial charge on any atom is 0.453 e. The molecule has 4 aliphatic rings. The molecule has 6 atom stereocenters. The van der Waals surface area contributed by atoms with Crippen LogP contribution in [0, 0.1) is 34.5 Å². The molecule has 0 saturated heterocycles. The van der Waals surface area contributed by atoms with E-state index in [0.29, 0.717) is 58.0 Å². The highest BCUT2D eigenvalue weighted by atomic mass is 32.2. The van der Waals surface area contributed by atoms with E-state index in [4.69, 9.17) is 4.43 Å². The van der Waals surface area contributed by atoms with E-state index >= 15 is 0 Å². The summed E-state index contributed by atoms with van der Waals surface area (Å²) in [5, 5.41) is 10.7. The molecule has 0 radical (unpaired) electrons. The van der Waals surface area contributed by atoms with Crippen molar-refractivity contribution in [1.29, 1.82) is 0 Å². The number of thioether (sulfide) groups is 1. The molecule has 0 aliphatic heterocycles. The third kappa shape index (κ3) is 8.40. The lowest BCUT2D eigenvalue weighted by atomic mass is 9.50. The molecular weight excluding hydrogens is 692 g/mol. The fraction of sp³-hybridized carbons (Fsp3) is 0.857. The van der Waals surface area contributed by atoms with E-state index in [0.717, 1.165) is 31.4 Å². The largest absolute Gasteiger partial charge is 0.508 e. The number of hydrogen-bond acceptors (Lipinski definition) is 3. The van der Waals surface area contributed by atoms with Crippen molar-refractivity contribution in [3.63, 3.8) is 0 Å². The van der Waals surface area contributed by atoms with Gasteiger partial charge in [-0.1, -0.05) is 79.2 Å². The third-order valence-electron chi connectivity index (χ3n) is 15.3. The predicted octanol–water partition coefficient (Wildman–Crippen LogP) is 13.7. The van der Waals surface area contributed by atoms with Gasteiger partial charge in [0.2, 0.25) is 0 Å². The number of unbranched alkanes of at least 4 members (excludes halogenated alkanes) is 6. The maximum absolute atomic E-state index is 13.1. The van der Waals surface area contributed by atoms with E-state index in [2.05, 4.69) is 53.8 Å². The SMILES string of the molecule is CC(C)C(C)(C)[Si](C)(C)O[C@@H]1CC2C3C(CC[C@]2(C)C12CC2)c1ccc(O)cc1C[C@H]3CCCCCCCCCSCCCC(F)(F)C(F)(F)F. The fourth-order valence-electron chi connectivity index (χ4n) is 10.8. The second kappa shape index (κ2) is 15.7. The summed E-state index contributed by atoms with van der Waals surface area (Å²) in [6.07, 6.45) is 10.5. The molecule has 1 aromatic carbocycles. The average Bonchev–Trinajstić information content (AvgIpc) is 3.82. The molecule has 1 aromatic rings. The van der Waals surface area contributed by atoms with Gasteiger partial charge in [0.1, 0.15) is 5.75 Å². The number of halogens is 5. The monoisotopic (exact) mass is 758 g/mol. The number of benzene rings is 1. The van der Waals surface area contributed by atoms with Crippen molar-refractivity contribution >= 4 is 20.1 Å². The topological polar surface area (TPSA) is 29.5 Å². The first kappa shape index (κ1) is 41.4. The molecule has 292 valence electrons. The Balaban J connectivity index is 1.13. The first-order chi connectivity index (χ1) is 23.8. The Bertz CT molecular complexity index is 1310. The van der Waals surface area contributed by atoms with E-state index in [1.54, 1.807) is 0 Å². The van der Waals surface area contributed by atoms with Crippen LogP contribution in [-0.4, -0.2) is 43.1 Å². The number of aromatic hydroxyl groups is 1. The van der Waals surface area contributed by atoms with Crippen LogP contribution in [0.1, 0.15) is 148 Å². The molecule has 2 nitrogen and oxygen atoms in total. The Labute approximate surface area is 311 Å². The molecule has 3 fully saturated rings. The van der Waals surface area contributed by atoms with Crippen molar-refractivity contribution in [2.75, 3.05) is 11.5 Å². The Hall–Kier alpha value is -0.803. The van der Waals surface area contributed by atoms with Crippen molar-refractivity contribution in [3.8, 4) is 5.75 Å². The highest BCUT2D eigenvalue weighted by Gasteiger charge is 2.72. The van der Waals surface area contributed by atoms with E-state index in [1.165, 1.54) is 87.1 Å². The lowest BCUT2D eigenvalue weighted by Gasteiger charge is -2.54. The molecule has 0 bridgehead atoms. The van der Waals surface area contributed by atoms with Gasteiger partial charge < -0.3 is 9.53 Å². The number of rotatable bonds is 18. The second-order valence-electron chi connectivity index (χ2n) is 18.7. The number of hydrogen-bond donors (Lipinski definition) is 1. The summed E-state index contributed by atoms with van der Waals surface area (Å²) in [6.45, 7) is 17.2. The van der Waals surface area contributed by atoms with Gasteiger partial charge in [0.15, 0.2) is 8.32 Å². The minimum Gasteiger partial charge on any atom is -0.508 e. The first-order valence-corrected chi connectivity index (χ1v) is 24.4. The van der Waals surface area contributed by atoms with Crippen LogP contribution in [0.4, 0.5) is 22.0 Å². The summed E-state index contributed by atoms with van der Waals surface area (Å²) in [5.41, 5.74) is 3.55. The highest BCUT2D eigenvalue weighted by Crippen LogP contribution is 2.77. The van der Waals surface area contributed by atoms with Gasteiger partial charge in [-0.2, -0.15) is 33.7 Å². The summed E-state index contributed by atoms with van der Waals surface area (Å²) in [4.78, 5) is 0. The second-order valence-corrected chi connectivity index (χ2v) is 24.4. The number of phenols is 1. The van der Waals surface area contributed by atoms with Crippen LogP contribution in [0.25, 0.3) is 0 Å². The third-order valence-corrected chi connectivity index (χ3v) is 21.0. The molecule has 1 spiro atoms. The minimum absolute atomic E-state index is 0.113. The fourth-order valence-corrected chi connectivity index (χ4v) is 14.5. The van der Waals surface area contributed by atoms with Gasteiger partial charge in [-0.3, -0.25) is 0 Å². The lowest BCUT2D eigenvalue weighted by Crippen LogP contribution is -2.50. The van der Waals surface area contributed by atoms with Gasteiger partial charge in [-0.25, -0.2) is 0 Å². The van der Waals surface area contributed by atoms with Crippen LogP contribution in [0.5, 0.6) is 5.75 Å². The van der Waals surface area contributed by atoms with Gasteiger partial charge >= 0.3 is 12.1 Å². The van der Waals surface area contributed by atoms with Crippen LogP contribution >= 0.6 is 11.8 Å². The van der Waals surface area contributed by atoms with Crippen LogP contribution < -0.4 is 0 Å². The Morgan fingerprint density at radius 2 is 1.55 bits per heavy atom. The standard InChI is InChI=1S/C42H67F5O2SSi/c1-29(2)38(3,4)51(6,7)49-36-28-35-37-30(16-13-11-9-8-10-12-14-24-50-25-15-20-41(43,44)42(45,46)47)26-31-27-32(48)17-18-33(31)34(37)19-21-39(35,5)40(36)22-23-40/h17-18,27,29-30,34-37,48H,8-16,19-26,28H2,1-7H3/t30-,34?,35?,36-,37?,39+/m1/s1. The normalized spacial score (nSPS) is 28.9. The van der Waals surface area contributed by atoms with Crippen LogP contribution in [0.15, 0.2) is 18.2 Å². The molecule has 5 rings (SSSR count). The summed E-state index contributed by atoms with van der Waals surface area (Å²) in [6, 6.07) is 6.20. The number of alkyl halides is 5. The molecule has 9 heteroatoms. The van der Waals surface area contributed by atoms with Crippen molar-refractivity contribution in [2.24, 2.45) is 34.5 Å². The Morgan fingerprint density at radius 1 is 0.922 bits per heavy atom. The number of fused-ring (bicyclic) bond motifs is 6. The minimum atomic E-state index is -5.44. The predicted molar refractivity (Wildman–Crippen MR) is 204 cm³/mol. The average molecular weight is 759 g/mol. The van der Waals surface area contributed by atoms with E-state index in [1.807, 2.05) is 12.1 Å². The van der Waals surface area contributed by atoms with Gasteiger partial charge in [0, 0.05) is 11.8 Å². The Kier molecular flexibility index (Phi) is 12.8. The molecular formula is C42H67F5O2SSi. The van der Waals surface area contributed by atoms with Crippen molar-refractivity contribution in [1.82, 2.24) is 0 Å². The zero-order chi connectivity index (χ0) is 37.5. The van der Waals surface area contributed by atoms with Crippen LogP contribution in [-0.2, 0) is 10.8 Å². The van der Waals surface area contributed by atoms with Gasteiger partial charge in [0.25, 0.3) is 0 Å². The van der Waals surface area contributed by atoms with E-state index in [-0.39, 0.29) is 11.5 Å². The molecule has 3 unspecified atom stereocenters. The molecule has 3 saturated carbocycles. The molecule has 0 amide bonds. The summed E-state index contributed by atoms with van der Waals surface area (Å²) >= 11 is 1.49. The summed E-state index contributed by atoms with van der Waals surface area (Å²) < 4.78 is 70.5. The zero-order valence-electron chi connectivity index (χ0n) is 32.6.